The van der Waals surface area contributed by atoms with Gasteiger partial charge in [0.2, 0.25) is 14.3 Å². The third-order valence-electron chi connectivity index (χ3n) is 7.84. The summed E-state index contributed by atoms with van der Waals surface area (Å²) in [4.78, 5) is 30.0. The molecule has 3 aliphatic heterocycles. The van der Waals surface area contributed by atoms with Gasteiger partial charge in [-0.05, 0) is 55.8 Å². The van der Waals surface area contributed by atoms with E-state index in [9.17, 15) is 14.7 Å². The monoisotopic (exact) mass is 482 g/mol. The second-order valence-electron chi connectivity index (χ2n) is 10.2. The fourth-order valence-corrected chi connectivity index (χ4v) is 8.93. The first-order valence-corrected chi connectivity index (χ1v) is 14.9. The van der Waals surface area contributed by atoms with Crippen molar-refractivity contribution in [2.24, 2.45) is 5.92 Å². The number of aliphatic hydroxyl groups is 1. The van der Waals surface area contributed by atoms with Crippen molar-refractivity contribution in [2.75, 3.05) is 23.5 Å². The molecule has 0 aromatic heterocycles. The van der Waals surface area contributed by atoms with Crippen LogP contribution in [0.15, 0.2) is 42.5 Å². The summed E-state index contributed by atoms with van der Waals surface area (Å²) in [6.45, 7) is 5.05. The number of hydrogen-bond donors (Lipinski definition) is 1. The lowest BCUT2D eigenvalue weighted by molar-refractivity contribution is -0.146. The number of nitrogens with zero attached hydrogens (tertiary/aromatic N) is 2. The number of ether oxygens (including phenoxy) is 1. The van der Waals surface area contributed by atoms with E-state index < -0.39 is 31.6 Å². The van der Waals surface area contributed by atoms with Gasteiger partial charge in [0.05, 0.1) is 17.5 Å². The van der Waals surface area contributed by atoms with Crippen molar-refractivity contribution >= 4 is 37.3 Å². The van der Waals surface area contributed by atoms with Crippen LogP contribution in [0, 0.1) is 5.92 Å². The van der Waals surface area contributed by atoms with Crippen LogP contribution in [0.3, 0.4) is 0 Å². The fourth-order valence-electron chi connectivity index (χ4n) is 6.39. The molecule has 34 heavy (non-hydrogen) atoms. The maximum Gasteiger partial charge on any atom is 0.264 e. The van der Waals surface area contributed by atoms with Crippen molar-refractivity contribution in [1.29, 1.82) is 0 Å². The largest absolute Gasteiger partial charge is 0.396 e. The number of anilines is 3. The molecule has 3 aliphatic rings. The van der Waals surface area contributed by atoms with E-state index in [2.05, 4.69) is 0 Å². The zero-order chi connectivity index (χ0) is 24.4. The molecule has 6 nitrogen and oxygen atoms in total. The maximum absolute atomic E-state index is 15.5. The van der Waals surface area contributed by atoms with Gasteiger partial charge in [0.15, 0.2) is 5.60 Å². The van der Waals surface area contributed by atoms with Gasteiger partial charge in [-0.3, -0.25) is 14.5 Å². The minimum atomic E-state index is -3.23. The van der Waals surface area contributed by atoms with Crippen LogP contribution in [-0.2, 0) is 26.3 Å². The summed E-state index contributed by atoms with van der Waals surface area (Å²) >= 11 is 0. The molecule has 8 heteroatoms. The third kappa shape index (κ3) is 3.19. The lowest BCUT2D eigenvalue weighted by Crippen LogP contribution is -2.44. The average molecular weight is 483 g/mol. The molecular weight excluding hydrogens is 451 g/mol. The number of amides is 2. The van der Waals surface area contributed by atoms with E-state index >= 15 is 4.11 Å². The summed E-state index contributed by atoms with van der Waals surface area (Å²) in [5.41, 5.74) is 2.23. The lowest BCUT2D eigenvalue weighted by atomic mass is 9.82. The Hall–Kier alpha value is -2.55. The number of likely N-dealkylation sites (N-methyl/N-ethyl adjacent to an activating group) is 1. The zero-order valence-corrected chi connectivity index (χ0v) is 21.0. The zero-order valence-electron chi connectivity index (χ0n) is 20.0. The maximum atomic E-state index is 15.5. The molecule has 0 aliphatic carbocycles. The van der Waals surface area contributed by atoms with Gasteiger partial charge in [-0.1, -0.05) is 25.1 Å². The van der Waals surface area contributed by atoms with Gasteiger partial charge in [-0.2, -0.15) is 0 Å². The smallest absolute Gasteiger partial charge is 0.264 e. The summed E-state index contributed by atoms with van der Waals surface area (Å²) in [7, 11) is -1.52. The highest BCUT2D eigenvalue weighted by molar-refractivity contribution is 6.72. The number of aliphatic hydroxyl groups excluding tert-OH is 1. The molecule has 2 amide bonds. The van der Waals surface area contributed by atoms with Gasteiger partial charge in [-0.15, -0.1) is 0 Å². The highest BCUT2D eigenvalue weighted by Gasteiger charge is 2.66. The number of para-hydroxylation sites is 1. The van der Waals surface area contributed by atoms with Crippen LogP contribution in [0.5, 0.6) is 0 Å². The van der Waals surface area contributed by atoms with Crippen LogP contribution < -0.4 is 9.80 Å². The normalized spacial score (nSPS) is 28.6. The Morgan fingerprint density at radius 3 is 2.59 bits per heavy atom. The number of aryl methyl sites for hydroxylation is 1. The SMILES string of the molecule is C[C@@H]1[C@@H]([Si](C)(C)F)[C@H](CCO)O[C@@]12C(=O)N(C)c1ccc(N3C(=O)CCc4ccccc43)cc12. The molecule has 2 aromatic carbocycles. The lowest BCUT2D eigenvalue weighted by Gasteiger charge is -2.32. The van der Waals surface area contributed by atoms with E-state index in [0.29, 0.717) is 29.8 Å². The van der Waals surface area contributed by atoms with Crippen LogP contribution in [0.1, 0.15) is 30.9 Å². The van der Waals surface area contributed by atoms with E-state index in [4.69, 9.17) is 4.74 Å². The molecule has 0 unspecified atom stereocenters. The van der Waals surface area contributed by atoms with Gasteiger partial charge in [0.25, 0.3) is 5.91 Å². The molecule has 180 valence electrons. The summed E-state index contributed by atoms with van der Waals surface area (Å²) in [5.74, 6) is -0.633. The number of fused-ring (bicyclic) bond motifs is 3. The Kier molecular flexibility index (Phi) is 5.46. The number of benzene rings is 2. The predicted octanol–water partition coefficient (Wildman–Crippen LogP) is 4.43. The summed E-state index contributed by atoms with van der Waals surface area (Å²) in [6, 6.07) is 13.4. The highest BCUT2D eigenvalue weighted by atomic mass is 28.4. The molecular formula is C26H31FN2O4Si. The van der Waals surface area contributed by atoms with Crippen molar-refractivity contribution < 1.29 is 23.5 Å². The number of rotatable bonds is 4. The summed E-state index contributed by atoms with van der Waals surface area (Å²) in [5, 5.41) is 9.65. The average Bonchev–Trinajstić information content (AvgIpc) is 3.21. The Balaban J connectivity index is 1.66. The minimum absolute atomic E-state index is 0.000834. The number of carbonyl (C=O) groups excluding carboxylic acids is 2. The van der Waals surface area contributed by atoms with Crippen molar-refractivity contribution in [2.45, 2.75) is 56.5 Å². The van der Waals surface area contributed by atoms with E-state index in [1.807, 2.05) is 49.4 Å². The number of hydrogen-bond acceptors (Lipinski definition) is 4. The topological polar surface area (TPSA) is 70.1 Å². The first-order chi connectivity index (χ1) is 16.1. The van der Waals surface area contributed by atoms with Gasteiger partial charge in [0.1, 0.15) is 0 Å². The molecule has 4 atom stereocenters. The Morgan fingerprint density at radius 1 is 1.15 bits per heavy atom. The highest BCUT2D eigenvalue weighted by Crippen LogP contribution is 2.60. The fraction of sp³-hybridized carbons (Fsp3) is 0.462. The summed E-state index contributed by atoms with van der Waals surface area (Å²) < 4.78 is 22.0. The van der Waals surface area contributed by atoms with Crippen molar-refractivity contribution in [1.82, 2.24) is 0 Å². The van der Waals surface area contributed by atoms with E-state index in [1.54, 1.807) is 29.9 Å². The summed E-state index contributed by atoms with van der Waals surface area (Å²) in [6.07, 6.45) is 0.840. The molecule has 3 heterocycles. The van der Waals surface area contributed by atoms with E-state index in [-0.39, 0.29) is 24.8 Å². The molecule has 2 aromatic rings. The van der Waals surface area contributed by atoms with Gasteiger partial charge in [-0.25, -0.2) is 0 Å². The molecule has 5 rings (SSSR count). The van der Waals surface area contributed by atoms with Gasteiger partial charge >= 0.3 is 0 Å². The van der Waals surface area contributed by atoms with E-state index in [0.717, 1.165) is 11.3 Å². The van der Waals surface area contributed by atoms with Crippen LogP contribution in [-0.4, -0.2) is 45.1 Å². The van der Waals surface area contributed by atoms with Crippen LogP contribution in [0.2, 0.25) is 18.6 Å². The van der Waals surface area contributed by atoms with Crippen LogP contribution in [0.25, 0.3) is 0 Å². The van der Waals surface area contributed by atoms with Gasteiger partial charge < -0.3 is 18.9 Å². The standard InChI is InChI=1S/C26H31FN2O4Si/c1-16-24(34(3,4)27)22(13-14-30)33-26(16)19-15-18(10-11-21(19)28(2)25(26)32)29-20-8-6-5-7-17(20)9-12-23(29)31/h5-8,10-11,15-16,22,24,30H,9,12-14H2,1-4H3/t16-,22+,24-,26+/m1/s1. The number of carbonyl (C=O) groups is 2. The van der Waals surface area contributed by atoms with Crippen molar-refractivity contribution in [3.05, 3.63) is 53.6 Å². The minimum Gasteiger partial charge on any atom is -0.396 e. The molecule has 0 bridgehead atoms. The molecule has 1 fully saturated rings. The molecule has 0 radical (unpaired) electrons. The first-order valence-electron chi connectivity index (χ1n) is 11.9. The molecule has 0 saturated carbocycles. The predicted molar refractivity (Wildman–Crippen MR) is 132 cm³/mol. The molecule has 1 N–H and O–H groups in total. The van der Waals surface area contributed by atoms with Crippen molar-refractivity contribution in [3.63, 3.8) is 0 Å². The number of halogens is 1. The van der Waals surface area contributed by atoms with Gasteiger partial charge in [0, 0.05) is 42.8 Å². The first kappa shape index (κ1) is 23.2. The Morgan fingerprint density at radius 2 is 1.88 bits per heavy atom. The van der Waals surface area contributed by atoms with Crippen LogP contribution >= 0.6 is 0 Å². The Labute approximate surface area is 200 Å². The second kappa shape index (κ2) is 8.00. The quantitative estimate of drug-likeness (QED) is 0.517. The van der Waals surface area contributed by atoms with Crippen LogP contribution in [0.4, 0.5) is 21.2 Å². The van der Waals surface area contributed by atoms with Crippen molar-refractivity contribution in [3.8, 4) is 0 Å². The Bertz CT molecular complexity index is 1170. The molecule has 1 saturated heterocycles. The second-order valence-corrected chi connectivity index (χ2v) is 14.0. The molecule has 1 spiro atoms. The van der Waals surface area contributed by atoms with E-state index in [1.165, 1.54) is 0 Å². The third-order valence-corrected chi connectivity index (χ3v) is 10.3.